The molecule has 1 aromatic carbocycles. The smallest absolute Gasteiger partial charge is 0.152 e. The number of anilines is 1. The Morgan fingerprint density at radius 1 is 1.22 bits per heavy atom. The molecule has 23 heavy (non-hydrogen) atoms. The van der Waals surface area contributed by atoms with E-state index in [1.165, 1.54) is 0 Å². The SMILES string of the molecule is O=S1(=O)CCN(CCCNc2ncnc3ccc(Br)cc23)CC1. The van der Waals surface area contributed by atoms with Gasteiger partial charge >= 0.3 is 0 Å². The number of fused-ring (bicyclic) bond motifs is 1. The molecule has 1 aliphatic heterocycles. The molecule has 0 radical (unpaired) electrons. The van der Waals surface area contributed by atoms with E-state index >= 15 is 0 Å². The predicted molar refractivity (Wildman–Crippen MR) is 95.4 cm³/mol. The molecule has 2 heterocycles. The fourth-order valence-corrected chi connectivity index (χ4v) is 4.29. The molecule has 1 N–H and O–H groups in total. The van der Waals surface area contributed by atoms with Crippen LogP contribution in [0.25, 0.3) is 10.9 Å². The van der Waals surface area contributed by atoms with E-state index in [2.05, 4.69) is 36.1 Å². The number of halogens is 1. The van der Waals surface area contributed by atoms with Gasteiger partial charge in [0.05, 0.1) is 17.0 Å². The van der Waals surface area contributed by atoms with Gasteiger partial charge in [-0.1, -0.05) is 15.9 Å². The fourth-order valence-electron chi connectivity index (χ4n) is 2.65. The molecule has 1 aromatic heterocycles. The molecule has 124 valence electrons. The highest BCUT2D eigenvalue weighted by molar-refractivity contribution is 9.10. The van der Waals surface area contributed by atoms with Crippen molar-refractivity contribution in [3.05, 3.63) is 29.0 Å². The summed E-state index contributed by atoms with van der Waals surface area (Å²) in [6.07, 6.45) is 2.51. The molecule has 0 aliphatic carbocycles. The van der Waals surface area contributed by atoms with Crippen LogP contribution >= 0.6 is 15.9 Å². The van der Waals surface area contributed by atoms with Gasteiger partial charge in [-0.25, -0.2) is 18.4 Å². The van der Waals surface area contributed by atoms with Crippen molar-refractivity contribution in [2.45, 2.75) is 6.42 Å². The molecular formula is C15H19BrN4O2S. The van der Waals surface area contributed by atoms with E-state index in [1.807, 2.05) is 18.2 Å². The van der Waals surface area contributed by atoms with Gasteiger partial charge in [-0.2, -0.15) is 0 Å². The summed E-state index contributed by atoms with van der Waals surface area (Å²) in [6.45, 7) is 2.98. The Morgan fingerprint density at radius 2 is 2.00 bits per heavy atom. The summed E-state index contributed by atoms with van der Waals surface area (Å²) >= 11 is 3.47. The summed E-state index contributed by atoms with van der Waals surface area (Å²) in [4.78, 5) is 10.8. The molecule has 1 saturated heterocycles. The number of sulfone groups is 1. The third-order valence-electron chi connectivity index (χ3n) is 3.98. The largest absolute Gasteiger partial charge is 0.369 e. The second-order valence-corrected chi connectivity index (χ2v) is 8.88. The van der Waals surface area contributed by atoms with Crippen molar-refractivity contribution in [2.24, 2.45) is 0 Å². The van der Waals surface area contributed by atoms with E-state index in [1.54, 1.807) is 6.33 Å². The van der Waals surface area contributed by atoms with Crippen molar-refractivity contribution < 1.29 is 8.42 Å². The van der Waals surface area contributed by atoms with Crippen LogP contribution in [0.3, 0.4) is 0 Å². The first-order chi connectivity index (χ1) is 11.0. The van der Waals surface area contributed by atoms with E-state index < -0.39 is 9.84 Å². The third kappa shape index (κ3) is 4.39. The second-order valence-electron chi connectivity index (χ2n) is 5.66. The van der Waals surface area contributed by atoms with Crippen LogP contribution in [0.2, 0.25) is 0 Å². The molecule has 0 saturated carbocycles. The van der Waals surface area contributed by atoms with E-state index in [0.717, 1.165) is 40.7 Å². The molecule has 1 fully saturated rings. The van der Waals surface area contributed by atoms with Gasteiger partial charge in [0, 0.05) is 29.5 Å². The highest BCUT2D eigenvalue weighted by atomic mass is 79.9. The van der Waals surface area contributed by atoms with Gasteiger partial charge < -0.3 is 10.2 Å². The lowest BCUT2D eigenvalue weighted by molar-refractivity contribution is 0.294. The van der Waals surface area contributed by atoms with Gasteiger partial charge in [0.25, 0.3) is 0 Å². The van der Waals surface area contributed by atoms with Crippen molar-refractivity contribution in [1.82, 2.24) is 14.9 Å². The van der Waals surface area contributed by atoms with Crippen molar-refractivity contribution >= 4 is 42.5 Å². The minimum Gasteiger partial charge on any atom is -0.369 e. The Hall–Kier alpha value is -1.25. The highest BCUT2D eigenvalue weighted by Gasteiger charge is 2.20. The predicted octanol–water partition coefficient (Wildman–Crippen LogP) is 1.92. The van der Waals surface area contributed by atoms with E-state index in [-0.39, 0.29) is 11.5 Å². The number of benzene rings is 1. The van der Waals surface area contributed by atoms with Gasteiger partial charge in [0.1, 0.15) is 12.1 Å². The Bertz CT molecular complexity index is 783. The zero-order valence-electron chi connectivity index (χ0n) is 12.7. The van der Waals surface area contributed by atoms with Crippen molar-refractivity contribution in [3.8, 4) is 0 Å². The molecule has 0 spiro atoms. The molecular weight excluding hydrogens is 380 g/mol. The second kappa shape index (κ2) is 7.11. The third-order valence-corrected chi connectivity index (χ3v) is 6.08. The van der Waals surface area contributed by atoms with Gasteiger partial charge in [0.2, 0.25) is 0 Å². The lowest BCUT2D eigenvalue weighted by atomic mass is 10.2. The van der Waals surface area contributed by atoms with Gasteiger partial charge in [0.15, 0.2) is 9.84 Å². The average molecular weight is 399 g/mol. The molecule has 0 unspecified atom stereocenters. The summed E-state index contributed by atoms with van der Waals surface area (Å²) in [7, 11) is -2.80. The molecule has 0 atom stereocenters. The fraction of sp³-hybridized carbons (Fsp3) is 0.467. The van der Waals surface area contributed by atoms with Crippen molar-refractivity contribution in [1.29, 1.82) is 0 Å². The topological polar surface area (TPSA) is 75.2 Å². The Balaban J connectivity index is 1.52. The van der Waals surface area contributed by atoms with Gasteiger partial charge in [-0.15, -0.1) is 0 Å². The minimum atomic E-state index is -2.80. The van der Waals surface area contributed by atoms with Crippen LogP contribution in [0.5, 0.6) is 0 Å². The molecule has 6 nitrogen and oxygen atoms in total. The maximum absolute atomic E-state index is 11.4. The number of hydrogen-bond donors (Lipinski definition) is 1. The van der Waals surface area contributed by atoms with Crippen LogP contribution < -0.4 is 5.32 Å². The lowest BCUT2D eigenvalue weighted by Gasteiger charge is -2.26. The van der Waals surface area contributed by atoms with Crippen LogP contribution in [-0.2, 0) is 9.84 Å². The van der Waals surface area contributed by atoms with Crippen LogP contribution in [0.4, 0.5) is 5.82 Å². The lowest BCUT2D eigenvalue weighted by Crippen LogP contribution is -2.41. The molecule has 0 amide bonds. The summed E-state index contributed by atoms with van der Waals surface area (Å²) in [5, 5.41) is 4.35. The van der Waals surface area contributed by atoms with Crippen LogP contribution in [-0.4, -0.2) is 61.0 Å². The zero-order valence-corrected chi connectivity index (χ0v) is 15.1. The molecule has 8 heteroatoms. The first kappa shape index (κ1) is 16.6. The van der Waals surface area contributed by atoms with Gasteiger partial charge in [-0.05, 0) is 31.2 Å². The van der Waals surface area contributed by atoms with E-state index in [9.17, 15) is 8.42 Å². The first-order valence-corrected chi connectivity index (χ1v) is 10.2. The molecule has 2 aromatic rings. The summed E-state index contributed by atoms with van der Waals surface area (Å²) in [5.41, 5.74) is 0.909. The maximum atomic E-state index is 11.4. The van der Waals surface area contributed by atoms with Crippen LogP contribution in [0.15, 0.2) is 29.0 Å². The first-order valence-electron chi connectivity index (χ1n) is 7.60. The molecule has 3 rings (SSSR count). The van der Waals surface area contributed by atoms with Gasteiger partial charge in [-0.3, -0.25) is 0 Å². The summed E-state index contributed by atoms with van der Waals surface area (Å²) in [6, 6.07) is 5.93. The number of hydrogen-bond acceptors (Lipinski definition) is 6. The standard InChI is InChI=1S/C15H19BrN4O2S/c16-12-2-3-14-13(10-12)15(19-11-18-14)17-4-1-5-20-6-8-23(21,22)9-7-20/h2-3,10-11H,1,4-9H2,(H,17,18,19). The zero-order chi connectivity index (χ0) is 16.3. The molecule has 1 aliphatic rings. The Morgan fingerprint density at radius 3 is 2.78 bits per heavy atom. The Labute approximate surface area is 144 Å². The normalized spacial score (nSPS) is 18.1. The van der Waals surface area contributed by atoms with Crippen molar-refractivity contribution in [3.63, 3.8) is 0 Å². The summed E-state index contributed by atoms with van der Waals surface area (Å²) < 4.78 is 23.8. The quantitative estimate of drug-likeness (QED) is 0.775. The average Bonchev–Trinajstić information content (AvgIpc) is 2.53. The van der Waals surface area contributed by atoms with E-state index in [4.69, 9.17) is 0 Å². The Kier molecular flexibility index (Phi) is 5.13. The monoisotopic (exact) mass is 398 g/mol. The van der Waals surface area contributed by atoms with Crippen LogP contribution in [0.1, 0.15) is 6.42 Å². The van der Waals surface area contributed by atoms with Crippen molar-refractivity contribution in [2.75, 3.05) is 43.0 Å². The maximum Gasteiger partial charge on any atom is 0.152 e. The molecule has 0 bridgehead atoms. The van der Waals surface area contributed by atoms with E-state index in [0.29, 0.717) is 13.1 Å². The highest BCUT2D eigenvalue weighted by Crippen LogP contribution is 2.23. The van der Waals surface area contributed by atoms with Crippen LogP contribution in [0, 0.1) is 0 Å². The summed E-state index contributed by atoms with van der Waals surface area (Å²) in [5.74, 6) is 1.40. The number of nitrogens with zero attached hydrogens (tertiary/aromatic N) is 3. The number of aromatic nitrogens is 2. The number of rotatable bonds is 5. The number of nitrogens with one attached hydrogen (secondary N) is 1. The minimum absolute atomic E-state index is 0.283.